The Labute approximate surface area is 197 Å². The zero-order valence-electron chi connectivity index (χ0n) is 18.7. The third-order valence-electron chi connectivity index (χ3n) is 5.21. The highest BCUT2D eigenvalue weighted by atomic mass is 32.2. The molecule has 0 saturated heterocycles. The molecule has 2 N–H and O–H groups in total. The Balaban J connectivity index is 1.51. The van der Waals surface area contributed by atoms with Gasteiger partial charge in [0, 0.05) is 28.4 Å². The Morgan fingerprint density at radius 1 is 1.03 bits per heavy atom. The van der Waals surface area contributed by atoms with Crippen LogP contribution < -0.4 is 14.9 Å². The fourth-order valence-electron chi connectivity index (χ4n) is 3.47. The Hall–Kier alpha value is -4.11. The van der Waals surface area contributed by atoms with Gasteiger partial charge in [0.2, 0.25) is 5.91 Å². The molecule has 174 valence electrons. The minimum absolute atomic E-state index is 0.0788. The van der Waals surface area contributed by atoms with Crippen LogP contribution in [0.3, 0.4) is 0 Å². The first-order valence-electron chi connectivity index (χ1n) is 10.5. The lowest BCUT2D eigenvalue weighted by atomic mass is 10.2. The first kappa shape index (κ1) is 23.1. The molecule has 0 aliphatic rings. The highest BCUT2D eigenvalue weighted by Crippen LogP contribution is 2.21. The summed E-state index contributed by atoms with van der Waals surface area (Å²) in [5.74, 6) is 0.505. The van der Waals surface area contributed by atoms with Gasteiger partial charge in [-0.05, 0) is 49.4 Å². The second kappa shape index (κ2) is 9.80. The van der Waals surface area contributed by atoms with Crippen molar-refractivity contribution in [2.75, 3.05) is 12.4 Å². The molecule has 0 spiro atoms. The predicted octanol–water partition coefficient (Wildman–Crippen LogP) is 3.91. The zero-order valence-corrected chi connectivity index (χ0v) is 19.5. The molecule has 4 rings (SSSR count). The van der Waals surface area contributed by atoms with Crippen molar-refractivity contribution >= 4 is 38.7 Å². The highest BCUT2D eigenvalue weighted by molar-refractivity contribution is 7.89. The summed E-state index contributed by atoms with van der Waals surface area (Å²) >= 11 is 0. The molecule has 1 heterocycles. The van der Waals surface area contributed by atoms with Crippen LogP contribution in [0, 0.1) is 6.92 Å². The van der Waals surface area contributed by atoms with Crippen LogP contribution in [0.4, 0.5) is 5.69 Å². The molecule has 1 aromatic heterocycles. The standard InChI is InChI=1S/C25H24N4O4S/c1-18-7-13-22(14-8-18)34(31,32)28-26-15-19-16-29(24-6-4-3-5-23(19)24)17-25(30)27-20-9-11-21(33-2)12-10-20/h3-16,28H,17H2,1-2H3,(H,27,30)/b26-15+. The Morgan fingerprint density at radius 2 is 1.74 bits per heavy atom. The molecule has 0 bridgehead atoms. The lowest BCUT2D eigenvalue weighted by Crippen LogP contribution is -2.18. The van der Waals surface area contributed by atoms with Crippen molar-refractivity contribution < 1.29 is 17.9 Å². The number of hydrogen-bond acceptors (Lipinski definition) is 5. The molecule has 0 saturated carbocycles. The van der Waals surface area contributed by atoms with E-state index >= 15 is 0 Å². The van der Waals surface area contributed by atoms with Gasteiger partial charge < -0.3 is 14.6 Å². The largest absolute Gasteiger partial charge is 0.497 e. The van der Waals surface area contributed by atoms with Gasteiger partial charge in [0.1, 0.15) is 12.3 Å². The van der Waals surface area contributed by atoms with E-state index in [1.54, 1.807) is 54.3 Å². The smallest absolute Gasteiger partial charge is 0.276 e. The Bertz CT molecular complexity index is 1440. The molecule has 0 radical (unpaired) electrons. The summed E-state index contributed by atoms with van der Waals surface area (Å²) in [5, 5.41) is 7.66. The summed E-state index contributed by atoms with van der Waals surface area (Å²) in [7, 11) is -2.20. The molecule has 34 heavy (non-hydrogen) atoms. The van der Waals surface area contributed by atoms with E-state index in [9.17, 15) is 13.2 Å². The SMILES string of the molecule is COc1ccc(NC(=O)Cn2cc(/C=N/NS(=O)(=O)c3ccc(C)cc3)c3ccccc32)cc1. The van der Waals surface area contributed by atoms with Crippen LogP contribution >= 0.6 is 0 Å². The third kappa shape index (κ3) is 5.26. The maximum absolute atomic E-state index is 12.6. The van der Waals surface area contributed by atoms with E-state index < -0.39 is 10.0 Å². The summed E-state index contributed by atoms with van der Waals surface area (Å²) in [6.07, 6.45) is 3.20. The Morgan fingerprint density at radius 3 is 2.44 bits per heavy atom. The number of para-hydroxylation sites is 1. The maximum Gasteiger partial charge on any atom is 0.276 e. The number of benzene rings is 3. The number of hydrogen-bond donors (Lipinski definition) is 2. The van der Waals surface area contributed by atoms with Crippen molar-refractivity contribution in [3.8, 4) is 5.75 Å². The molecule has 8 nitrogen and oxygen atoms in total. The molecule has 0 unspecified atom stereocenters. The number of aromatic nitrogens is 1. The van der Waals surface area contributed by atoms with Crippen LogP contribution in [0.2, 0.25) is 0 Å². The number of ether oxygens (including phenoxy) is 1. The zero-order chi connectivity index (χ0) is 24.1. The topological polar surface area (TPSA) is 102 Å². The molecule has 0 aliphatic heterocycles. The van der Waals surface area contributed by atoms with Gasteiger partial charge in [0.05, 0.1) is 18.2 Å². The molecule has 9 heteroatoms. The van der Waals surface area contributed by atoms with E-state index in [0.717, 1.165) is 16.5 Å². The van der Waals surface area contributed by atoms with Gasteiger partial charge in [0.15, 0.2) is 0 Å². The molecule has 1 amide bonds. The molecule has 0 atom stereocenters. The van der Waals surface area contributed by atoms with Gasteiger partial charge in [-0.25, -0.2) is 4.83 Å². The number of carbonyl (C=O) groups excluding carboxylic acids is 1. The Kier molecular flexibility index (Phi) is 6.65. The van der Waals surface area contributed by atoms with Crippen molar-refractivity contribution in [1.29, 1.82) is 0 Å². The summed E-state index contributed by atoms with van der Waals surface area (Å²) in [5.41, 5.74) is 3.13. The molecule has 0 aliphatic carbocycles. The van der Waals surface area contributed by atoms with Crippen molar-refractivity contribution in [3.05, 3.63) is 90.1 Å². The summed E-state index contributed by atoms with van der Waals surface area (Å²) in [4.78, 5) is 15.0. The lowest BCUT2D eigenvalue weighted by molar-refractivity contribution is -0.116. The van der Waals surface area contributed by atoms with E-state index in [1.807, 2.05) is 31.2 Å². The van der Waals surface area contributed by atoms with E-state index in [4.69, 9.17) is 4.74 Å². The number of sulfonamides is 1. The first-order valence-corrected chi connectivity index (χ1v) is 12.0. The number of rotatable bonds is 8. The number of nitrogens with zero attached hydrogens (tertiary/aromatic N) is 2. The number of anilines is 1. The highest BCUT2D eigenvalue weighted by Gasteiger charge is 2.13. The lowest BCUT2D eigenvalue weighted by Gasteiger charge is -2.08. The molecule has 3 aromatic carbocycles. The van der Waals surface area contributed by atoms with Gasteiger partial charge in [-0.2, -0.15) is 13.5 Å². The maximum atomic E-state index is 12.6. The summed E-state index contributed by atoms with van der Waals surface area (Å²) < 4.78 is 31.9. The van der Waals surface area contributed by atoms with Gasteiger partial charge in [0.25, 0.3) is 10.0 Å². The number of fused-ring (bicyclic) bond motifs is 1. The van der Waals surface area contributed by atoms with Crippen LogP contribution in [0.5, 0.6) is 5.75 Å². The van der Waals surface area contributed by atoms with E-state index in [0.29, 0.717) is 17.0 Å². The minimum Gasteiger partial charge on any atom is -0.497 e. The normalized spacial score (nSPS) is 11.6. The number of methoxy groups -OCH3 is 1. The second-order valence-electron chi connectivity index (χ2n) is 7.67. The first-order chi connectivity index (χ1) is 16.4. The van der Waals surface area contributed by atoms with E-state index in [2.05, 4.69) is 15.2 Å². The van der Waals surface area contributed by atoms with Crippen LogP contribution in [-0.4, -0.2) is 32.2 Å². The van der Waals surface area contributed by atoms with Gasteiger partial charge in [-0.1, -0.05) is 35.9 Å². The molecule has 0 fully saturated rings. The fraction of sp³-hybridized carbons (Fsp3) is 0.120. The quantitative estimate of drug-likeness (QED) is 0.297. The van der Waals surface area contributed by atoms with Crippen molar-refractivity contribution in [1.82, 2.24) is 9.40 Å². The van der Waals surface area contributed by atoms with Crippen LogP contribution in [0.1, 0.15) is 11.1 Å². The van der Waals surface area contributed by atoms with Gasteiger partial charge in [-0.15, -0.1) is 0 Å². The number of aryl methyl sites for hydroxylation is 1. The van der Waals surface area contributed by atoms with Crippen LogP contribution in [0.25, 0.3) is 10.9 Å². The fourth-order valence-corrected chi connectivity index (χ4v) is 4.27. The molecule has 4 aromatic rings. The van der Waals surface area contributed by atoms with Gasteiger partial charge in [-0.3, -0.25) is 4.79 Å². The van der Waals surface area contributed by atoms with Crippen molar-refractivity contribution in [2.24, 2.45) is 5.10 Å². The summed E-state index contributed by atoms with van der Waals surface area (Å²) in [6.45, 7) is 1.96. The third-order valence-corrected chi connectivity index (χ3v) is 6.45. The number of amides is 1. The van der Waals surface area contributed by atoms with Gasteiger partial charge >= 0.3 is 0 Å². The number of hydrazone groups is 1. The van der Waals surface area contributed by atoms with E-state index in [1.165, 1.54) is 18.3 Å². The average molecular weight is 477 g/mol. The monoisotopic (exact) mass is 476 g/mol. The minimum atomic E-state index is -3.78. The van der Waals surface area contributed by atoms with Crippen molar-refractivity contribution in [3.63, 3.8) is 0 Å². The summed E-state index contributed by atoms with van der Waals surface area (Å²) in [6, 6.07) is 21.1. The number of carbonyl (C=O) groups is 1. The second-order valence-corrected chi connectivity index (χ2v) is 9.33. The molecular formula is C25H24N4O4S. The molecular weight excluding hydrogens is 452 g/mol. The predicted molar refractivity (Wildman–Crippen MR) is 133 cm³/mol. The van der Waals surface area contributed by atoms with Crippen LogP contribution in [-0.2, 0) is 21.4 Å². The average Bonchev–Trinajstić information content (AvgIpc) is 3.17. The van der Waals surface area contributed by atoms with Crippen molar-refractivity contribution in [2.45, 2.75) is 18.4 Å². The van der Waals surface area contributed by atoms with Crippen LogP contribution in [0.15, 0.2) is 89.0 Å². The number of nitrogens with one attached hydrogen (secondary N) is 2. The van der Waals surface area contributed by atoms with E-state index in [-0.39, 0.29) is 17.3 Å².